The van der Waals surface area contributed by atoms with Crippen molar-refractivity contribution in [1.82, 2.24) is 0 Å². The van der Waals surface area contributed by atoms with Gasteiger partial charge in [-0.2, -0.15) is 0 Å². The summed E-state index contributed by atoms with van der Waals surface area (Å²) in [6.45, 7) is 2.37. The van der Waals surface area contributed by atoms with Crippen LogP contribution in [-0.2, 0) is 10.0 Å². The van der Waals surface area contributed by atoms with E-state index in [1.165, 1.54) is 23.9 Å². The molecule has 0 bridgehead atoms. The Morgan fingerprint density at radius 2 is 1.55 bits per heavy atom. The van der Waals surface area contributed by atoms with Gasteiger partial charge in [0.15, 0.2) is 0 Å². The van der Waals surface area contributed by atoms with Gasteiger partial charge in [-0.1, -0.05) is 54.2 Å². The summed E-state index contributed by atoms with van der Waals surface area (Å²) < 4.78 is 34.2. The summed E-state index contributed by atoms with van der Waals surface area (Å²) in [5, 5.41) is 12.0. The van der Waals surface area contributed by atoms with Crippen LogP contribution in [0.1, 0.15) is 6.92 Å². The van der Waals surface area contributed by atoms with Crippen molar-refractivity contribution in [1.29, 1.82) is 0 Å². The number of phenolic OH excluding ortho intramolecular Hbond substituents is 1. The largest absolute Gasteiger partial charge is 0.506 e. The van der Waals surface area contributed by atoms with Crippen LogP contribution in [0.15, 0.2) is 99.6 Å². The molecule has 4 rings (SSSR count). The molecule has 0 fully saturated rings. The maximum atomic E-state index is 13.0. The molecule has 158 valence electrons. The smallest absolute Gasteiger partial charge is 0.261 e. The van der Waals surface area contributed by atoms with Gasteiger partial charge in [0, 0.05) is 15.7 Å². The molecule has 0 heterocycles. The Morgan fingerprint density at radius 1 is 0.903 bits per heavy atom. The molecule has 0 spiro atoms. The number of hydrogen-bond donors (Lipinski definition) is 2. The highest BCUT2D eigenvalue weighted by molar-refractivity contribution is 7.99. The number of aromatic hydroxyl groups is 1. The summed E-state index contributed by atoms with van der Waals surface area (Å²) in [6.07, 6.45) is 0. The number of rotatable bonds is 7. The molecule has 0 amide bonds. The molecule has 31 heavy (non-hydrogen) atoms. The fourth-order valence-corrected chi connectivity index (χ4v) is 5.20. The summed E-state index contributed by atoms with van der Waals surface area (Å²) in [5.41, 5.74) is 0.403. The van der Waals surface area contributed by atoms with Crippen LogP contribution in [0.25, 0.3) is 10.8 Å². The van der Waals surface area contributed by atoms with E-state index >= 15 is 0 Å². The average molecular weight is 452 g/mol. The maximum absolute atomic E-state index is 13.0. The first-order chi connectivity index (χ1) is 15.0. The minimum Gasteiger partial charge on any atom is -0.506 e. The van der Waals surface area contributed by atoms with E-state index in [2.05, 4.69) is 4.72 Å². The fourth-order valence-electron chi connectivity index (χ4n) is 3.20. The number of nitrogens with one attached hydrogen (secondary N) is 1. The summed E-state index contributed by atoms with van der Waals surface area (Å²) in [4.78, 5) is 1.63. The van der Waals surface area contributed by atoms with Crippen molar-refractivity contribution < 1.29 is 18.3 Å². The zero-order valence-electron chi connectivity index (χ0n) is 16.8. The molecule has 0 unspecified atom stereocenters. The molecule has 0 aromatic heterocycles. The Kier molecular flexibility index (Phi) is 6.06. The van der Waals surface area contributed by atoms with Crippen molar-refractivity contribution in [3.8, 4) is 11.5 Å². The lowest BCUT2D eigenvalue weighted by atomic mass is 10.1. The van der Waals surface area contributed by atoms with Gasteiger partial charge in [0.05, 0.1) is 22.1 Å². The Labute approximate surface area is 185 Å². The minimum absolute atomic E-state index is 0.119. The third-order valence-corrected chi connectivity index (χ3v) is 7.06. The van der Waals surface area contributed by atoms with Gasteiger partial charge in [-0.3, -0.25) is 4.72 Å². The van der Waals surface area contributed by atoms with Crippen LogP contribution in [0, 0.1) is 0 Å². The molecule has 0 saturated carbocycles. The molecule has 0 aliphatic rings. The van der Waals surface area contributed by atoms with Crippen molar-refractivity contribution in [2.24, 2.45) is 0 Å². The summed E-state index contributed by atoms with van der Waals surface area (Å²) >= 11 is 1.37. The topological polar surface area (TPSA) is 75.6 Å². The molecule has 0 atom stereocenters. The van der Waals surface area contributed by atoms with E-state index in [0.717, 1.165) is 4.90 Å². The van der Waals surface area contributed by atoms with Crippen LogP contribution in [0.5, 0.6) is 11.5 Å². The van der Waals surface area contributed by atoms with E-state index in [-0.39, 0.29) is 10.6 Å². The highest BCUT2D eigenvalue weighted by atomic mass is 32.2. The van der Waals surface area contributed by atoms with Gasteiger partial charge >= 0.3 is 0 Å². The molecule has 4 aromatic rings. The van der Waals surface area contributed by atoms with E-state index < -0.39 is 10.0 Å². The zero-order valence-corrected chi connectivity index (χ0v) is 18.4. The molecule has 0 saturated heterocycles. The summed E-state index contributed by atoms with van der Waals surface area (Å²) in [7, 11) is -3.84. The lowest BCUT2D eigenvalue weighted by Crippen LogP contribution is -2.13. The molecular weight excluding hydrogens is 430 g/mol. The zero-order chi connectivity index (χ0) is 21.8. The molecule has 0 radical (unpaired) electrons. The Hall–Kier alpha value is -3.16. The van der Waals surface area contributed by atoms with Gasteiger partial charge in [-0.25, -0.2) is 8.42 Å². The predicted molar refractivity (Wildman–Crippen MR) is 125 cm³/mol. The van der Waals surface area contributed by atoms with Crippen LogP contribution >= 0.6 is 11.8 Å². The maximum Gasteiger partial charge on any atom is 0.261 e. The molecule has 7 heteroatoms. The second kappa shape index (κ2) is 8.91. The first kappa shape index (κ1) is 21.1. The van der Waals surface area contributed by atoms with Crippen LogP contribution in [-0.4, -0.2) is 20.1 Å². The van der Waals surface area contributed by atoms with E-state index in [9.17, 15) is 13.5 Å². The van der Waals surface area contributed by atoms with Gasteiger partial charge in [0.1, 0.15) is 11.5 Å². The van der Waals surface area contributed by atoms with Gasteiger partial charge in [-0.15, -0.1) is 0 Å². The second-order valence-corrected chi connectivity index (χ2v) is 9.54. The highest BCUT2D eigenvalue weighted by Crippen LogP contribution is 2.42. The van der Waals surface area contributed by atoms with Gasteiger partial charge < -0.3 is 9.84 Å². The molecule has 0 aliphatic heterocycles. The van der Waals surface area contributed by atoms with Crippen molar-refractivity contribution in [2.45, 2.75) is 21.6 Å². The van der Waals surface area contributed by atoms with E-state index in [1.54, 1.807) is 36.4 Å². The van der Waals surface area contributed by atoms with E-state index in [4.69, 9.17) is 4.74 Å². The van der Waals surface area contributed by atoms with Crippen LogP contribution in [0.3, 0.4) is 0 Å². The minimum atomic E-state index is -3.84. The summed E-state index contributed by atoms with van der Waals surface area (Å²) in [5.74, 6) is 0.728. The number of phenols is 1. The quantitative estimate of drug-likeness (QED) is 0.342. The van der Waals surface area contributed by atoms with Crippen molar-refractivity contribution >= 4 is 38.2 Å². The Morgan fingerprint density at radius 3 is 2.23 bits per heavy atom. The first-order valence-electron chi connectivity index (χ1n) is 9.71. The lowest BCUT2D eigenvalue weighted by Gasteiger charge is -2.15. The monoisotopic (exact) mass is 451 g/mol. The second-order valence-electron chi connectivity index (χ2n) is 6.74. The number of anilines is 1. The Balaban J connectivity index is 1.74. The fraction of sp³-hybridized carbons (Fsp3) is 0.0833. The number of sulfonamides is 1. The summed E-state index contributed by atoms with van der Waals surface area (Å²) in [6, 6.07) is 24.7. The van der Waals surface area contributed by atoms with Crippen LogP contribution < -0.4 is 9.46 Å². The highest BCUT2D eigenvalue weighted by Gasteiger charge is 2.19. The van der Waals surface area contributed by atoms with Crippen molar-refractivity contribution in [2.75, 3.05) is 11.3 Å². The third kappa shape index (κ3) is 4.62. The van der Waals surface area contributed by atoms with E-state index in [1.807, 2.05) is 43.3 Å². The number of fused-ring (bicyclic) bond motifs is 1. The first-order valence-corrected chi connectivity index (χ1v) is 12.0. The third-order valence-electron chi connectivity index (χ3n) is 4.64. The normalized spacial score (nSPS) is 11.4. The average Bonchev–Trinajstić information content (AvgIpc) is 2.78. The predicted octanol–water partition coefficient (Wildman–Crippen LogP) is 5.90. The molecule has 5 nitrogen and oxygen atoms in total. The van der Waals surface area contributed by atoms with Crippen LogP contribution in [0.2, 0.25) is 0 Å². The molecule has 2 N–H and O–H groups in total. The number of ether oxygens (including phenoxy) is 1. The van der Waals surface area contributed by atoms with E-state index in [0.29, 0.717) is 33.7 Å². The standard InChI is InChI=1S/C24H21NO4S2/c1-2-29-17-12-14-19(15-13-17)31(27,28)25-22-16-23(30-18-8-4-3-5-9-18)24(26)21-11-7-6-10-20(21)22/h3-16,25-26H,2H2,1H3. The van der Waals surface area contributed by atoms with Crippen LogP contribution in [0.4, 0.5) is 5.69 Å². The van der Waals surface area contributed by atoms with Gasteiger partial charge in [0.2, 0.25) is 0 Å². The Bertz CT molecular complexity index is 1310. The van der Waals surface area contributed by atoms with Crippen molar-refractivity contribution in [3.05, 3.63) is 84.9 Å². The number of benzene rings is 4. The van der Waals surface area contributed by atoms with Crippen molar-refractivity contribution in [3.63, 3.8) is 0 Å². The van der Waals surface area contributed by atoms with Gasteiger partial charge in [-0.05, 0) is 49.4 Å². The molecular formula is C24H21NO4S2. The SMILES string of the molecule is CCOc1ccc(S(=O)(=O)Nc2cc(Sc3ccccc3)c(O)c3ccccc23)cc1. The van der Waals surface area contributed by atoms with Gasteiger partial charge in [0.25, 0.3) is 10.0 Å². The lowest BCUT2D eigenvalue weighted by molar-refractivity contribution is 0.340. The molecule has 4 aromatic carbocycles. The number of hydrogen-bond acceptors (Lipinski definition) is 5. The molecule has 0 aliphatic carbocycles.